The molecule has 1 aliphatic heterocycles. The van der Waals surface area contributed by atoms with E-state index in [0.717, 1.165) is 39.6 Å². The van der Waals surface area contributed by atoms with Crippen molar-refractivity contribution in [3.8, 4) is 50.7 Å². The summed E-state index contributed by atoms with van der Waals surface area (Å²) >= 11 is 3.80. The first-order valence-electron chi connectivity index (χ1n) is 18.3. The molecule has 0 saturated heterocycles. The smallest absolute Gasteiger partial charge is 0.160 e. The highest BCUT2D eigenvalue weighted by atomic mass is 32.2. The van der Waals surface area contributed by atoms with E-state index < -0.39 is 0 Å². The summed E-state index contributed by atoms with van der Waals surface area (Å²) in [5.41, 5.74) is 13.8. The highest BCUT2D eigenvalue weighted by molar-refractivity contribution is 8.05. The van der Waals surface area contributed by atoms with Crippen LogP contribution in [0.15, 0.2) is 183 Å². The Morgan fingerprint density at radius 1 is 0.444 bits per heavy atom. The summed E-state index contributed by atoms with van der Waals surface area (Å²) in [5.74, 6) is 0.721. The van der Waals surface area contributed by atoms with Gasteiger partial charge >= 0.3 is 0 Å². The topological polar surface area (TPSA) is 30.7 Å². The van der Waals surface area contributed by atoms with Crippen LogP contribution < -0.4 is 0 Å². The third kappa shape index (κ3) is 4.92. The van der Waals surface area contributed by atoms with Crippen LogP contribution in [0, 0.1) is 0 Å². The molecule has 54 heavy (non-hydrogen) atoms. The van der Waals surface area contributed by atoms with Gasteiger partial charge in [-0.15, -0.1) is 0 Å². The molecule has 5 heteroatoms. The number of hydrogen-bond donors (Lipinski definition) is 0. The van der Waals surface area contributed by atoms with Crippen LogP contribution in [0.2, 0.25) is 0 Å². The number of fused-ring (bicyclic) bond motifs is 8. The third-order valence-electron chi connectivity index (χ3n) is 11.1. The summed E-state index contributed by atoms with van der Waals surface area (Å²) in [6.45, 7) is 4.78. The van der Waals surface area contributed by atoms with Crippen LogP contribution >= 0.6 is 23.5 Å². The van der Waals surface area contributed by atoms with Gasteiger partial charge in [-0.3, -0.25) is 0 Å². The van der Waals surface area contributed by atoms with E-state index in [9.17, 15) is 0 Å². The first-order valence-corrected chi connectivity index (χ1v) is 19.9. The summed E-state index contributed by atoms with van der Waals surface area (Å²) in [6.07, 6.45) is 0. The van der Waals surface area contributed by atoms with Gasteiger partial charge in [0.15, 0.2) is 5.82 Å². The zero-order chi connectivity index (χ0) is 36.0. The standard InChI is InChI=1S/C49H33N3S2/c1-49(2)38-27-43-37(25-35(38)36-26-46-47(28-39(36)49)54-45-20-12-11-19-44(45)53-46)34-17-9-10-18-42(34)52(43)33-23-21-31(22-24-33)41-29-40(30-13-5-3-6-14-30)50-48(51-41)32-15-7-4-8-16-32/h3-29H,1-2H3. The minimum atomic E-state index is -0.138. The average molecular weight is 728 g/mol. The van der Waals surface area contributed by atoms with Gasteiger partial charge in [-0.25, -0.2) is 9.97 Å². The van der Waals surface area contributed by atoms with E-state index in [2.05, 4.69) is 158 Å². The number of rotatable bonds is 4. The summed E-state index contributed by atoms with van der Waals surface area (Å²) in [5, 5.41) is 2.54. The maximum atomic E-state index is 5.09. The lowest BCUT2D eigenvalue weighted by Crippen LogP contribution is -2.15. The highest BCUT2D eigenvalue weighted by Gasteiger charge is 2.38. The third-order valence-corrected chi connectivity index (χ3v) is 13.6. The molecule has 0 saturated carbocycles. The van der Waals surface area contributed by atoms with Crippen molar-refractivity contribution in [1.29, 1.82) is 0 Å². The van der Waals surface area contributed by atoms with Gasteiger partial charge < -0.3 is 4.57 Å². The molecular weight excluding hydrogens is 695 g/mol. The van der Waals surface area contributed by atoms with Crippen LogP contribution in [0.3, 0.4) is 0 Å². The molecule has 1 aliphatic carbocycles. The fourth-order valence-corrected chi connectivity index (χ4v) is 10.6. The normalized spacial score (nSPS) is 13.7. The van der Waals surface area contributed by atoms with Crippen LogP contribution in [0.1, 0.15) is 25.0 Å². The van der Waals surface area contributed by atoms with E-state index in [1.165, 1.54) is 63.6 Å². The van der Waals surface area contributed by atoms with Crippen molar-refractivity contribution in [3.05, 3.63) is 175 Å². The Bertz CT molecular complexity index is 2890. The van der Waals surface area contributed by atoms with Gasteiger partial charge in [0.25, 0.3) is 0 Å². The Balaban J connectivity index is 1.04. The van der Waals surface area contributed by atoms with Crippen molar-refractivity contribution in [2.75, 3.05) is 0 Å². The van der Waals surface area contributed by atoms with Crippen molar-refractivity contribution in [1.82, 2.24) is 14.5 Å². The number of benzene rings is 7. The molecule has 2 aliphatic rings. The Labute approximate surface area is 322 Å². The highest BCUT2D eigenvalue weighted by Crippen LogP contribution is 2.56. The molecule has 7 aromatic carbocycles. The molecule has 2 aromatic heterocycles. The van der Waals surface area contributed by atoms with Gasteiger partial charge in [0, 0.05) is 58.1 Å². The molecule has 0 bridgehead atoms. The van der Waals surface area contributed by atoms with Crippen LogP contribution in [0.5, 0.6) is 0 Å². The van der Waals surface area contributed by atoms with E-state index in [0.29, 0.717) is 0 Å². The van der Waals surface area contributed by atoms with Gasteiger partial charge in [-0.05, 0) is 82.9 Å². The Kier molecular flexibility index (Phi) is 7.07. The summed E-state index contributed by atoms with van der Waals surface area (Å²) in [4.78, 5) is 15.5. The number of hydrogen-bond acceptors (Lipinski definition) is 4. The molecule has 0 atom stereocenters. The largest absolute Gasteiger partial charge is 0.309 e. The van der Waals surface area contributed by atoms with E-state index in [1.807, 2.05) is 47.8 Å². The number of nitrogens with zero attached hydrogens (tertiary/aromatic N) is 3. The molecule has 3 nitrogen and oxygen atoms in total. The Hall–Kier alpha value is -5.88. The van der Waals surface area contributed by atoms with Gasteiger partial charge in [0.2, 0.25) is 0 Å². The summed E-state index contributed by atoms with van der Waals surface area (Å²) in [6, 6.07) is 59.0. The van der Waals surface area contributed by atoms with E-state index in [-0.39, 0.29) is 5.41 Å². The van der Waals surface area contributed by atoms with Crippen molar-refractivity contribution in [2.24, 2.45) is 0 Å². The SMILES string of the molecule is CC1(C)c2cc3c(cc2-c2cc4c5ccccc5n(-c5ccc(-c6cc(-c7ccccc7)nc(-c7ccccc7)n6)cc5)c4cc21)Sc1ccccc1S3. The fourth-order valence-electron chi connectivity index (χ4n) is 8.34. The molecule has 256 valence electrons. The maximum absolute atomic E-state index is 5.09. The molecule has 0 fully saturated rings. The van der Waals surface area contributed by atoms with Crippen molar-refractivity contribution < 1.29 is 0 Å². The van der Waals surface area contributed by atoms with Crippen LogP contribution in [-0.2, 0) is 5.41 Å². The monoisotopic (exact) mass is 727 g/mol. The zero-order valence-electron chi connectivity index (χ0n) is 29.7. The summed E-state index contributed by atoms with van der Waals surface area (Å²) in [7, 11) is 0. The van der Waals surface area contributed by atoms with Gasteiger partial charge in [0.1, 0.15) is 0 Å². The molecule has 0 spiro atoms. The Morgan fingerprint density at radius 2 is 1.00 bits per heavy atom. The van der Waals surface area contributed by atoms with Crippen molar-refractivity contribution >= 4 is 45.3 Å². The number of para-hydroxylation sites is 1. The van der Waals surface area contributed by atoms with Gasteiger partial charge in [-0.1, -0.05) is 140 Å². The lowest BCUT2D eigenvalue weighted by Gasteiger charge is -2.24. The van der Waals surface area contributed by atoms with Crippen LogP contribution in [0.4, 0.5) is 0 Å². The molecule has 11 rings (SSSR count). The molecular formula is C49H33N3S2. The molecule has 3 heterocycles. The second-order valence-corrected chi connectivity index (χ2v) is 16.8. The van der Waals surface area contributed by atoms with E-state index in [1.54, 1.807) is 0 Å². The lowest BCUT2D eigenvalue weighted by molar-refractivity contribution is 0.658. The predicted octanol–water partition coefficient (Wildman–Crippen LogP) is 13.5. The minimum Gasteiger partial charge on any atom is -0.309 e. The van der Waals surface area contributed by atoms with Gasteiger partial charge in [0.05, 0.1) is 22.4 Å². The zero-order valence-corrected chi connectivity index (χ0v) is 31.4. The Morgan fingerprint density at radius 3 is 1.70 bits per heavy atom. The summed E-state index contributed by atoms with van der Waals surface area (Å²) < 4.78 is 2.44. The maximum Gasteiger partial charge on any atom is 0.160 e. The average Bonchev–Trinajstić information content (AvgIpc) is 3.66. The minimum absolute atomic E-state index is 0.138. The molecule has 0 unspecified atom stereocenters. The van der Waals surface area contributed by atoms with E-state index in [4.69, 9.17) is 9.97 Å². The first kappa shape index (κ1) is 31.6. The van der Waals surface area contributed by atoms with Crippen LogP contribution in [0.25, 0.3) is 72.5 Å². The molecule has 0 radical (unpaired) electrons. The number of aromatic nitrogens is 3. The molecule has 9 aromatic rings. The van der Waals surface area contributed by atoms with Crippen molar-refractivity contribution in [2.45, 2.75) is 38.8 Å². The second-order valence-electron chi connectivity index (χ2n) is 14.6. The quantitative estimate of drug-likeness (QED) is 0.181. The van der Waals surface area contributed by atoms with Crippen molar-refractivity contribution in [3.63, 3.8) is 0 Å². The molecule has 0 N–H and O–H groups in total. The second kappa shape index (κ2) is 12.1. The van der Waals surface area contributed by atoms with Gasteiger partial charge in [-0.2, -0.15) is 0 Å². The lowest BCUT2D eigenvalue weighted by atomic mass is 9.82. The molecule has 0 amide bonds. The van der Waals surface area contributed by atoms with E-state index >= 15 is 0 Å². The predicted molar refractivity (Wildman–Crippen MR) is 225 cm³/mol. The first-order chi connectivity index (χ1) is 26.5. The fraction of sp³-hybridized carbons (Fsp3) is 0.0612. The van der Waals surface area contributed by atoms with Crippen LogP contribution in [-0.4, -0.2) is 14.5 Å².